The van der Waals surface area contributed by atoms with Crippen molar-refractivity contribution in [2.75, 3.05) is 32.1 Å². The van der Waals surface area contributed by atoms with Gasteiger partial charge >= 0.3 is 5.97 Å². The van der Waals surface area contributed by atoms with Gasteiger partial charge in [0.2, 0.25) is 5.91 Å². The van der Waals surface area contributed by atoms with Gasteiger partial charge in [0.15, 0.2) is 5.69 Å². The standard InChI is InChI=1S/C13H20N4O3/c1-4-17(5-2)12(18)6-7-15-11-9-14-8-10(16-11)13(19)20-3/h8-9H,4-7H2,1-3H3,(H,15,16). The lowest BCUT2D eigenvalue weighted by molar-refractivity contribution is -0.130. The lowest BCUT2D eigenvalue weighted by atomic mass is 10.3. The number of rotatable bonds is 7. The molecule has 1 rings (SSSR count). The van der Waals surface area contributed by atoms with Crippen molar-refractivity contribution in [3.05, 3.63) is 18.1 Å². The third kappa shape index (κ3) is 4.49. The zero-order chi connectivity index (χ0) is 15.0. The SMILES string of the molecule is CCN(CC)C(=O)CCNc1cncc(C(=O)OC)n1. The van der Waals surface area contributed by atoms with E-state index in [1.54, 1.807) is 4.90 Å². The molecule has 110 valence electrons. The molecule has 0 radical (unpaired) electrons. The summed E-state index contributed by atoms with van der Waals surface area (Å²) in [6.07, 6.45) is 3.19. The predicted octanol–water partition coefficient (Wildman–Crippen LogP) is 0.934. The van der Waals surface area contributed by atoms with Gasteiger partial charge in [0.05, 0.1) is 19.5 Å². The molecule has 0 saturated carbocycles. The molecule has 0 aliphatic carbocycles. The minimum absolute atomic E-state index is 0.0829. The maximum atomic E-state index is 11.8. The minimum Gasteiger partial charge on any atom is -0.464 e. The van der Waals surface area contributed by atoms with E-state index in [2.05, 4.69) is 20.0 Å². The van der Waals surface area contributed by atoms with E-state index in [-0.39, 0.29) is 11.6 Å². The molecular weight excluding hydrogens is 260 g/mol. The largest absolute Gasteiger partial charge is 0.464 e. The second kappa shape index (κ2) is 8.08. The van der Waals surface area contributed by atoms with Gasteiger partial charge in [-0.05, 0) is 13.8 Å². The first-order chi connectivity index (χ1) is 9.62. The van der Waals surface area contributed by atoms with Crippen molar-refractivity contribution < 1.29 is 14.3 Å². The van der Waals surface area contributed by atoms with Gasteiger partial charge in [-0.2, -0.15) is 0 Å². The molecule has 0 fully saturated rings. The number of nitrogens with one attached hydrogen (secondary N) is 1. The van der Waals surface area contributed by atoms with Crippen molar-refractivity contribution in [1.82, 2.24) is 14.9 Å². The van der Waals surface area contributed by atoms with E-state index in [0.29, 0.717) is 31.9 Å². The number of aromatic nitrogens is 2. The molecule has 0 aliphatic heterocycles. The number of carbonyl (C=O) groups excluding carboxylic acids is 2. The Morgan fingerprint density at radius 2 is 2.00 bits per heavy atom. The van der Waals surface area contributed by atoms with E-state index in [1.165, 1.54) is 19.5 Å². The lowest BCUT2D eigenvalue weighted by Crippen LogP contribution is -2.31. The molecule has 1 N–H and O–H groups in total. The van der Waals surface area contributed by atoms with Gasteiger partial charge in [0, 0.05) is 26.1 Å². The summed E-state index contributed by atoms with van der Waals surface area (Å²) >= 11 is 0. The number of methoxy groups -OCH3 is 1. The van der Waals surface area contributed by atoms with Crippen LogP contribution in [0.1, 0.15) is 30.8 Å². The summed E-state index contributed by atoms with van der Waals surface area (Å²) in [5, 5.41) is 2.97. The van der Waals surface area contributed by atoms with Crippen LogP contribution < -0.4 is 5.32 Å². The first-order valence-corrected chi connectivity index (χ1v) is 6.54. The Balaban J connectivity index is 2.50. The molecule has 7 nitrogen and oxygen atoms in total. The van der Waals surface area contributed by atoms with Crippen LogP contribution in [0.3, 0.4) is 0 Å². The predicted molar refractivity (Wildman–Crippen MR) is 74.4 cm³/mol. The highest BCUT2D eigenvalue weighted by Crippen LogP contribution is 2.04. The summed E-state index contributed by atoms with van der Waals surface area (Å²) in [6, 6.07) is 0. The van der Waals surface area contributed by atoms with Crippen molar-refractivity contribution in [1.29, 1.82) is 0 Å². The molecule has 0 saturated heterocycles. The maximum absolute atomic E-state index is 11.8. The monoisotopic (exact) mass is 280 g/mol. The molecule has 0 aromatic carbocycles. The maximum Gasteiger partial charge on any atom is 0.358 e. The van der Waals surface area contributed by atoms with E-state index >= 15 is 0 Å². The van der Waals surface area contributed by atoms with Crippen LogP contribution >= 0.6 is 0 Å². The first-order valence-electron chi connectivity index (χ1n) is 6.54. The van der Waals surface area contributed by atoms with Crippen LogP contribution in [0.5, 0.6) is 0 Å². The quantitative estimate of drug-likeness (QED) is 0.748. The number of anilines is 1. The third-order valence-electron chi connectivity index (χ3n) is 2.79. The normalized spacial score (nSPS) is 9.95. The summed E-state index contributed by atoms with van der Waals surface area (Å²) in [5.74, 6) is -0.0137. The molecule has 0 unspecified atom stereocenters. The van der Waals surface area contributed by atoms with Gasteiger partial charge < -0.3 is 15.0 Å². The third-order valence-corrected chi connectivity index (χ3v) is 2.79. The number of nitrogens with zero attached hydrogens (tertiary/aromatic N) is 3. The highest BCUT2D eigenvalue weighted by atomic mass is 16.5. The average molecular weight is 280 g/mol. The molecule has 7 heteroatoms. The fourth-order valence-corrected chi connectivity index (χ4v) is 1.69. The molecule has 1 aromatic heterocycles. The minimum atomic E-state index is -0.541. The van der Waals surface area contributed by atoms with Crippen LogP contribution in [-0.4, -0.2) is 53.5 Å². The molecule has 20 heavy (non-hydrogen) atoms. The highest BCUT2D eigenvalue weighted by Gasteiger charge is 2.10. The van der Waals surface area contributed by atoms with Crippen LogP contribution in [0, 0.1) is 0 Å². The van der Waals surface area contributed by atoms with Crippen molar-refractivity contribution in [2.45, 2.75) is 20.3 Å². The molecule has 1 amide bonds. The second-order valence-electron chi connectivity index (χ2n) is 4.02. The highest BCUT2D eigenvalue weighted by molar-refractivity contribution is 5.87. The van der Waals surface area contributed by atoms with Crippen molar-refractivity contribution in [2.24, 2.45) is 0 Å². The van der Waals surface area contributed by atoms with E-state index in [4.69, 9.17) is 0 Å². The van der Waals surface area contributed by atoms with Crippen LogP contribution in [0.4, 0.5) is 5.82 Å². The number of amides is 1. The first kappa shape index (κ1) is 15.9. The van der Waals surface area contributed by atoms with Crippen LogP contribution in [0.15, 0.2) is 12.4 Å². The van der Waals surface area contributed by atoms with Crippen molar-refractivity contribution >= 4 is 17.7 Å². The van der Waals surface area contributed by atoms with E-state index in [0.717, 1.165) is 0 Å². The Labute approximate surface area is 118 Å². The Kier molecular flexibility index (Phi) is 6.42. The molecule has 0 aliphatic rings. The van der Waals surface area contributed by atoms with E-state index < -0.39 is 5.97 Å². The van der Waals surface area contributed by atoms with Gasteiger partial charge in [0.1, 0.15) is 5.82 Å². The number of hydrogen-bond acceptors (Lipinski definition) is 6. The summed E-state index contributed by atoms with van der Waals surface area (Å²) in [5.41, 5.74) is 0.132. The fraction of sp³-hybridized carbons (Fsp3) is 0.538. The van der Waals surface area contributed by atoms with Gasteiger partial charge in [0.25, 0.3) is 0 Å². The summed E-state index contributed by atoms with van der Waals surface area (Å²) in [7, 11) is 1.28. The van der Waals surface area contributed by atoms with Crippen LogP contribution in [0.25, 0.3) is 0 Å². The van der Waals surface area contributed by atoms with Gasteiger partial charge in [-0.15, -0.1) is 0 Å². The van der Waals surface area contributed by atoms with Crippen molar-refractivity contribution in [3.63, 3.8) is 0 Å². The zero-order valence-corrected chi connectivity index (χ0v) is 12.0. The zero-order valence-electron chi connectivity index (χ0n) is 12.0. The topological polar surface area (TPSA) is 84.4 Å². The summed E-state index contributed by atoms with van der Waals surface area (Å²) in [6.45, 7) is 5.73. The Bertz CT molecular complexity index is 461. The number of ether oxygens (including phenoxy) is 1. The Morgan fingerprint density at radius 1 is 1.30 bits per heavy atom. The van der Waals surface area contributed by atoms with E-state index in [1.807, 2.05) is 13.8 Å². The smallest absolute Gasteiger partial charge is 0.358 e. The molecule has 0 atom stereocenters. The van der Waals surface area contributed by atoms with Crippen LogP contribution in [0.2, 0.25) is 0 Å². The molecule has 1 heterocycles. The number of carbonyl (C=O) groups is 2. The van der Waals surface area contributed by atoms with Crippen LogP contribution in [-0.2, 0) is 9.53 Å². The van der Waals surface area contributed by atoms with E-state index in [9.17, 15) is 9.59 Å². The van der Waals surface area contributed by atoms with Gasteiger partial charge in [-0.3, -0.25) is 9.78 Å². The molecule has 0 spiro atoms. The average Bonchev–Trinajstić information content (AvgIpc) is 2.48. The van der Waals surface area contributed by atoms with Gasteiger partial charge in [-0.25, -0.2) is 9.78 Å². The summed E-state index contributed by atoms with van der Waals surface area (Å²) < 4.78 is 4.56. The molecular formula is C13H20N4O3. The fourth-order valence-electron chi connectivity index (χ4n) is 1.69. The molecule has 1 aromatic rings. The van der Waals surface area contributed by atoms with Gasteiger partial charge in [-0.1, -0.05) is 0 Å². The van der Waals surface area contributed by atoms with Crippen molar-refractivity contribution in [3.8, 4) is 0 Å². The number of esters is 1. The summed E-state index contributed by atoms with van der Waals surface area (Å²) in [4.78, 5) is 32.8. The number of hydrogen-bond donors (Lipinski definition) is 1. The molecule has 0 bridgehead atoms. The Morgan fingerprint density at radius 3 is 2.60 bits per heavy atom. The second-order valence-corrected chi connectivity index (χ2v) is 4.02. The lowest BCUT2D eigenvalue weighted by Gasteiger charge is -2.18. The Hall–Kier alpha value is -2.18.